The smallest absolute Gasteiger partial charge is 0.145 e. The lowest BCUT2D eigenvalue weighted by molar-refractivity contribution is 0.575. The van der Waals surface area contributed by atoms with E-state index in [-0.39, 0.29) is 5.82 Å². The number of benzene rings is 2. The molecule has 0 amide bonds. The minimum Gasteiger partial charge on any atom is -0.455 e. The quantitative estimate of drug-likeness (QED) is 0.656. The van der Waals surface area contributed by atoms with Crippen LogP contribution in [0.5, 0.6) is 0 Å². The molecule has 22 heavy (non-hydrogen) atoms. The maximum atomic E-state index is 13.1. The molecule has 0 bridgehead atoms. The molecule has 1 heterocycles. The Kier molecular flexibility index (Phi) is 3.80. The van der Waals surface area contributed by atoms with Crippen molar-refractivity contribution in [2.75, 3.05) is 0 Å². The highest BCUT2D eigenvalue weighted by atomic mass is 19.1. The Hall–Kier alpha value is -3.19. The van der Waals surface area contributed by atoms with Crippen LogP contribution in [0.25, 0.3) is 11.3 Å². The van der Waals surface area contributed by atoms with Crippen molar-refractivity contribution in [3.63, 3.8) is 0 Å². The van der Waals surface area contributed by atoms with E-state index in [9.17, 15) is 4.39 Å². The zero-order valence-corrected chi connectivity index (χ0v) is 11.5. The molecule has 1 aromatic heterocycles. The molecule has 0 fully saturated rings. The summed E-state index contributed by atoms with van der Waals surface area (Å²) < 4.78 is 18.7. The van der Waals surface area contributed by atoms with Gasteiger partial charge >= 0.3 is 0 Å². The Labute approximate surface area is 127 Å². The molecule has 0 atom stereocenters. The molecule has 3 nitrogen and oxygen atoms in total. The van der Waals surface area contributed by atoms with E-state index < -0.39 is 0 Å². The number of aliphatic imine (C=N–C) groups is 1. The van der Waals surface area contributed by atoms with Crippen molar-refractivity contribution in [2.45, 2.75) is 0 Å². The maximum Gasteiger partial charge on any atom is 0.145 e. The minimum atomic E-state index is -0.327. The van der Waals surface area contributed by atoms with Gasteiger partial charge in [-0.15, -0.1) is 0 Å². The van der Waals surface area contributed by atoms with E-state index >= 15 is 0 Å². The molecule has 4 heteroatoms. The summed E-state index contributed by atoms with van der Waals surface area (Å²) in [6.07, 6.45) is 1.54. The molecule has 0 radical (unpaired) electrons. The van der Waals surface area contributed by atoms with Crippen LogP contribution in [-0.2, 0) is 0 Å². The lowest BCUT2D eigenvalue weighted by atomic mass is 10.1. The topological polar surface area (TPSA) is 49.3 Å². The van der Waals surface area contributed by atoms with Gasteiger partial charge in [-0.1, -0.05) is 6.07 Å². The van der Waals surface area contributed by atoms with Crippen LogP contribution in [-0.4, -0.2) is 6.21 Å². The third-order valence-electron chi connectivity index (χ3n) is 3.07. The minimum absolute atomic E-state index is 0.327. The second kappa shape index (κ2) is 6.06. The molecule has 0 saturated carbocycles. The number of rotatable bonds is 3. The molecular formula is C18H11FN2O. The molecule has 0 aliphatic carbocycles. The van der Waals surface area contributed by atoms with E-state index in [4.69, 9.17) is 9.68 Å². The number of nitrogens with zero attached hydrogens (tertiary/aromatic N) is 2. The number of hydrogen-bond acceptors (Lipinski definition) is 3. The van der Waals surface area contributed by atoms with Crippen LogP contribution in [0.3, 0.4) is 0 Å². The van der Waals surface area contributed by atoms with Gasteiger partial charge in [0.05, 0.1) is 23.5 Å². The molecule has 0 saturated heterocycles. The Balaban J connectivity index is 1.80. The Bertz CT molecular complexity index is 857. The zero-order chi connectivity index (χ0) is 15.4. The lowest BCUT2D eigenvalue weighted by Crippen LogP contribution is -1.77. The molecule has 106 valence electrons. The van der Waals surface area contributed by atoms with E-state index in [0.717, 1.165) is 5.56 Å². The normalized spacial score (nSPS) is 10.7. The zero-order valence-electron chi connectivity index (χ0n) is 11.5. The average Bonchev–Trinajstić information content (AvgIpc) is 3.02. The Morgan fingerprint density at radius 2 is 1.86 bits per heavy atom. The first-order valence-electron chi connectivity index (χ1n) is 6.64. The third-order valence-corrected chi connectivity index (χ3v) is 3.07. The highest BCUT2D eigenvalue weighted by Crippen LogP contribution is 2.22. The van der Waals surface area contributed by atoms with Crippen molar-refractivity contribution in [1.29, 1.82) is 5.26 Å². The van der Waals surface area contributed by atoms with Gasteiger partial charge in [0.25, 0.3) is 0 Å². The number of halogens is 1. The fraction of sp³-hybridized carbons (Fsp3) is 0. The highest BCUT2D eigenvalue weighted by Gasteiger charge is 2.03. The average molecular weight is 290 g/mol. The maximum absolute atomic E-state index is 13.1. The molecule has 3 rings (SSSR count). The van der Waals surface area contributed by atoms with E-state index in [1.165, 1.54) is 12.1 Å². The molecule has 0 unspecified atom stereocenters. The first-order valence-corrected chi connectivity index (χ1v) is 6.64. The van der Waals surface area contributed by atoms with Gasteiger partial charge in [0, 0.05) is 5.56 Å². The van der Waals surface area contributed by atoms with E-state index in [1.54, 1.807) is 36.5 Å². The van der Waals surface area contributed by atoms with Crippen molar-refractivity contribution < 1.29 is 8.81 Å². The molecule has 2 aromatic carbocycles. The molecular weight excluding hydrogens is 279 g/mol. The van der Waals surface area contributed by atoms with E-state index in [0.29, 0.717) is 22.8 Å². The first-order chi connectivity index (χ1) is 10.7. The van der Waals surface area contributed by atoms with Gasteiger partial charge < -0.3 is 4.42 Å². The van der Waals surface area contributed by atoms with Gasteiger partial charge in [0.2, 0.25) is 0 Å². The summed E-state index contributed by atoms with van der Waals surface area (Å²) in [6, 6.07) is 18.8. The molecule has 0 aliphatic heterocycles. The van der Waals surface area contributed by atoms with E-state index in [1.807, 2.05) is 18.2 Å². The summed E-state index contributed by atoms with van der Waals surface area (Å²) in [7, 11) is 0. The third kappa shape index (κ3) is 3.10. The van der Waals surface area contributed by atoms with Crippen LogP contribution in [0.15, 0.2) is 70.1 Å². The van der Waals surface area contributed by atoms with Crippen molar-refractivity contribution in [3.05, 3.63) is 77.8 Å². The Morgan fingerprint density at radius 3 is 2.59 bits per heavy atom. The van der Waals surface area contributed by atoms with Gasteiger partial charge in [-0.05, 0) is 54.6 Å². The first kappa shape index (κ1) is 13.8. The van der Waals surface area contributed by atoms with Crippen LogP contribution in [0.1, 0.15) is 11.3 Å². The highest BCUT2D eigenvalue weighted by molar-refractivity contribution is 5.79. The Morgan fingerprint density at radius 1 is 1.05 bits per heavy atom. The summed E-state index contributed by atoms with van der Waals surface area (Å²) in [6.45, 7) is 0. The van der Waals surface area contributed by atoms with Gasteiger partial charge in [0.15, 0.2) is 0 Å². The van der Waals surface area contributed by atoms with Crippen LogP contribution >= 0.6 is 0 Å². The molecule has 0 N–H and O–H groups in total. The van der Waals surface area contributed by atoms with Crippen molar-refractivity contribution in [1.82, 2.24) is 0 Å². The summed E-state index contributed by atoms with van der Waals surface area (Å²) in [5.41, 5.74) is 2.00. The summed E-state index contributed by atoms with van der Waals surface area (Å²) in [5, 5.41) is 8.78. The van der Waals surface area contributed by atoms with Gasteiger partial charge in [-0.2, -0.15) is 5.26 Å². The molecule has 0 aliphatic rings. The number of nitriles is 1. The monoisotopic (exact) mass is 290 g/mol. The van der Waals surface area contributed by atoms with Crippen LogP contribution in [0.4, 0.5) is 10.1 Å². The summed E-state index contributed by atoms with van der Waals surface area (Å²) >= 11 is 0. The fourth-order valence-corrected chi connectivity index (χ4v) is 1.98. The van der Waals surface area contributed by atoms with E-state index in [2.05, 4.69) is 11.1 Å². The van der Waals surface area contributed by atoms with Gasteiger partial charge in [-0.3, -0.25) is 4.99 Å². The summed E-state index contributed by atoms with van der Waals surface area (Å²) in [4.78, 5) is 4.17. The fourth-order valence-electron chi connectivity index (χ4n) is 1.98. The second-order valence-corrected chi connectivity index (χ2v) is 4.63. The predicted molar refractivity (Wildman–Crippen MR) is 82.5 cm³/mol. The molecule has 3 aromatic rings. The van der Waals surface area contributed by atoms with Crippen LogP contribution in [0, 0.1) is 17.1 Å². The number of hydrogen-bond donors (Lipinski definition) is 0. The second-order valence-electron chi connectivity index (χ2n) is 4.63. The number of furan rings is 1. The standard InChI is InChI=1S/C18H11FN2O/c19-15-2-1-3-16(10-15)21-12-17-8-9-18(22-17)14-6-4-13(11-20)5-7-14/h1-10,12H. The SMILES string of the molecule is N#Cc1ccc(-c2ccc(C=Nc3cccc(F)c3)o2)cc1. The van der Waals surface area contributed by atoms with Crippen LogP contribution in [0.2, 0.25) is 0 Å². The molecule has 0 spiro atoms. The van der Waals surface area contributed by atoms with Gasteiger partial charge in [-0.25, -0.2) is 4.39 Å². The van der Waals surface area contributed by atoms with Crippen molar-refractivity contribution in [2.24, 2.45) is 4.99 Å². The van der Waals surface area contributed by atoms with Crippen molar-refractivity contribution in [3.8, 4) is 17.4 Å². The lowest BCUT2D eigenvalue weighted by Gasteiger charge is -1.96. The predicted octanol–water partition coefficient (Wildman–Crippen LogP) is 4.71. The van der Waals surface area contributed by atoms with Crippen molar-refractivity contribution >= 4 is 11.9 Å². The summed E-state index contributed by atoms with van der Waals surface area (Å²) in [5.74, 6) is 0.932. The van der Waals surface area contributed by atoms with Gasteiger partial charge in [0.1, 0.15) is 17.3 Å². The van der Waals surface area contributed by atoms with Crippen LogP contribution < -0.4 is 0 Å². The largest absolute Gasteiger partial charge is 0.455 e.